The van der Waals surface area contributed by atoms with Gasteiger partial charge in [0.05, 0.1) is 21.3 Å². The molecular formula is C18H23N3O7. The first-order valence-electron chi connectivity index (χ1n) is 8.60. The number of carbonyl (C=O) groups is 4. The molecule has 0 radical (unpaired) electrons. The summed E-state index contributed by atoms with van der Waals surface area (Å²) in [6.07, 6.45) is 0.518. The van der Waals surface area contributed by atoms with Crippen molar-refractivity contribution >= 4 is 23.8 Å². The van der Waals surface area contributed by atoms with Gasteiger partial charge in [-0.05, 0) is 12.5 Å². The molecule has 1 aliphatic heterocycles. The van der Waals surface area contributed by atoms with E-state index in [2.05, 4.69) is 5.32 Å². The minimum Gasteiger partial charge on any atom is -0.496 e. The van der Waals surface area contributed by atoms with E-state index in [0.717, 1.165) is 4.90 Å². The number of carbonyl (C=O) groups excluding carboxylic acids is 4. The van der Waals surface area contributed by atoms with E-state index in [-0.39, 0.29) is 13.1 Å². The van der Waals surface area contributed by atoms with Crippen molar-refractivity contribution in [2.45, 2.75) is 19.9 Å². The number of ether oxygens (including phenoxy) is 3. The SMILES string of the molecule is CCCN1C(=O)C(=O)N(CC(=O)NCc2cc(OC)c(OC)cc2OC)C1=O. The summed E-state index contributed by atoms with van der Waals surface area (Å²) in [5.41, 5.74) is 0.608. The number of rotatable bonds is 9. The van der Waals surface area contributed by atoms with Crippen molar-refractivity contribution < 1.29 is 33.4 Å². The molecule has 1 aliphatic rings. The Hall–Kier alpha value is -3.30. The van der Waals surface area contributed by atoms with Crippen LogP contribution in [0.4, 0.5) is 4.79 Å². The summed E-state index contributed by atoms with van der Waals surface area (Å²) in [7, 11) is 4.45. The first-order valence-corrected chi connectivity index (χ1v) is 8.60. The topological polar surface area (TPSA) is 114 Å². The molecule has 28 heavy (non-hydrogen) atoms. The van der Waals surface area contributed by atoms with Crippen LogP contribution in [0.1, 0.15) is 18.9 Å². The van der Waals surface area contributed by atoms with Gasteiger partial charge in [-0.25, -0.2) is 9.69 Å². The van der Waals surface area contributed by atoms with Gasteiger partial charge in [-0.3, -0.25) is 19.3 Å². The minimum absolute atomic E-state index is 0.0607. The fourth-order valence-electron chi connectivity index (χ4n) is 2.73. The highest BCUT2D eigenvalue weighted by molar-refractivity contribution is 6.45. The van der Waals surface area contributed by atoms with Crippen molar-refractivity contribution in [1.82, 2.24) is 15.1 Å². The largest absolute Gasteiger partial charge is 0.496 e. The van der Waals surface area contributed by atoms with Gasteiger partial charge in [-0.2, -0.15) is 0 Å². The molecule has 1 aromatic rings. The van der Waals surface area contributed by atoms with Crippen molar-refractivity contribution in [1.29, 1.82) is 0 Å². The van der Waals surface area contributed by atoms with E-state index in [1.807, 2.05) is 0 Å². The molecule has 10 nitrogen and oxygen atoms in total. The van der Waals surface area contributed by atoms with Crippen LogP contribution in [0, 0.1) is 0 Å². The first kappa shape index (κ1) is 21.0. The summed E-state index contributed by atoms with van der Waals surface area (Å²) in [6, 6.07) is 2.49. The van der Waals surface area contributed by atoms with Crippen molar-refractivity contribution in [3.05, 3.63) is 17.7 Å². The van der Waals surface area contributed by atoms with E-state index >= 15 is 0 Å². The van der Waals surface area contributed by atoms with Crippen LogP contribution in [-0.2, 0) is 20.9 Å². The molecule has 1 N–H and O–H groups in total. The van der Waals surface area contributed by atoms with Crippen LogP contribution in [-0.4, -0.2) is 68.0 Å². The Labute approximate surface area is 162 Å². The minimum atomic E-state index is -1.00. The molecule has 0 atom stereocenters. The summed E-state index contributed by atoms with van der Waals surface area (Å²) in [4.78, 5) is 49.6. The standard InChI is InChI=1S/C18H23N3O7/c1-5-6-20-16(23)17(24)21(18(20)25)10-15(22)19-9-11-7-13(27-3)14(28-4)8-12(11)26-2/h7-8H,5-6,9-10H2,1-4H3,(H,19,22). The van der Waals surface area contributed by atoms with Gasteiger partial charge in [0.1, 0.15) is 12.3 Å². The molecule has 152 valence electrons. The number of benzene rings is 1. The fraction of sp³-hybridized carbons (Fsp3) is 0.444. The number of imide groups is 2. The van der Waals surface area contributed by atoms with Gasteiger partial charge >= 0.3 is 17.8 Å². The van der Waals surface area contributed by atoms with Crippen molar-refractivity contribution in [3.8, 4) is 17.2 Å². The molecule has 0 aromatic heterocycles. The van der Waals surface area contributed by atoms with E-state index in [9.17, 15) is 19.2 Å². The summed E-state index contributed by atoms with van der Waals surface area (Å²) >= 11 is 0. The predicted octanol–water partition coefficient (Wildman–Crippen LogP) is 0.529. The van der Waals surface area contributed by atoms with Gasteiger partial charge in [0, 0.05) is 24.7 Å². The van der Waals surface area contributed by atoms with E-state index < -0.39 is 30.3 Å². The first-order chi connectivity index (χ1) is 13.4. The van der Waals surface area contributed by atoms with Gasteiger partial charge in [-0.1, -0.05) is 6.92 Å². The molecule has 0 aliphatic carbocycles. The molecular weight excluding hydrogens is 370 g/mol. The lowest BCUT2D eigenvalue weighted by molar-refractivity contribution is -0.144. The maximum Gasteiger partial charge on any atom is 0.334 e. The third-order valence-electron chi connectivity index (χ3n) is 4.15. The lowest BCUT2D eigenvalue weighted by atomic mass is 10.1. The summed E-state index contributed by atoms with van der Waals surface area (Å²) in [5, 5.41) is 2.60. The molecule has 1 heterocycles. The Morgan fingerprint density at radius 3 is 2.07 bits per heavy atom. The molecule has 0 unspecified atom stereocenters. The van der Waals surface area contributed by atoms with Gasteiger partial charge < -0.3 is 19.5 Å². The Balaban J connectivity index is 2.06. The van der Waals surface area contributed by atoms with E-state index in [1.54, 1.807) is 19.1 Å². The van der Waals surface area contributed by atoms with Crippen molar-refractivity contribution in [3.63, 3.8) is 0 Å². The van der Waals surface area contributed by atoms with Gasteiger partial charge in [0.15, 0.2) is 11.5 Å². The second kappa shape index (κ2) is 9.07. The monoisotopic (exact) mass is 393 g/mol. The van der Waals surface area contributed by atoms with Crippen LogP contribution in [0.5, 0.6) is 17.2 Å². The van der Waals surface area contributed by atoms with E-state index in [4.69, 9.17) is 14.2 Å². The maximum atomic E-state index is 12.2. The number of hydrogen-bond acceptors (Lipinski definition) is 7. The smallest absolute Gasteiger partial charge is 0.334 e. The number of methoxy groups -OCH3 is 3. The van der Waals surface area contributed by atoms with Crippen LogP contribution in [0.2, 0.25) is 0 Å². The molecule has 1 fully saturated rings. The maximum absolute atomic E-state index is 12.2. The van der Waals surface area contributed by atoms with E-state index in [0.29, 0.717) is 34.1 Å². The lowest BCUT2D eigenvalue weighted by Crippen LogP contribution is -2.41. The third-order valence-corrected chi connectivity index (χ3v) is 4.15. The molecule has 1 aromatic carbocycles. The number of nitrogens with one attached hydrogen (secondary N) is 1. The van der Waals surface area contributed by atoms with Gasteiger partial charge in [-0.15, -0.1) is 0 Å². The third kappa shape index (κ3) is 4.16. The number of urea groups is 1. The molecule has 0 spiro atoms. The van der Waals surface area contributed by atoms with Gasteiger partial charge in [0.2, 0.25) is 5.91 Å². The van der Waals surface area contributed by atoms with Crippen molar-refractivity contribution in [2.75, 3.05) is 34.4 Å². The normalized spacial score (nSPS) is 13.8. The van der Waals surface area contributed by atoms with Crippen LogP contribution >= 0.6 is 0 Å². The lowest BCUT2D eigenvalue weighted by Gasteiger charge is -2.16. The highest BCUT2D eigenvalue weighted by Gasteiger charge is 2.44. The van der Waals surface area contributed by atoms with Crippen LogP contribution < -0.4 is 19.5 Å². The number of amides is 5. The number of hydrogen-bond donors (Lipinski definition) is 1. The highest BCUT2D eigenvalue weighted by Crippen LogP contribution is 2.34. The Morgan fingerprint density at radius 1 is 0.929 bits per heavy atom. The fourth-order valence-corrected chi connectivity index (χ4v) is 2.73. The predicted molar refractivity (Wildman–Crippen MR) is 97.1 cm³/mol. The summed E-state index contributed by atoms with van der Waals surface area (Å²) in [6.45, 7) is 1.42. The zero-order valence-corrected chi connectivity index (χ0v) is 16.2. The van der Waals surface area contributed by atoms with Crippen LogP contribution in [0.15, 0.2) is 12.1 Å². The van der Waals surface area contributed by atoms with Crippen LogP contribution in [0.3, 0.4) is 0 Å². The number of nitrogens with zero attached hydrogens (tertiary/aromatic N) is 2. The molecule has 0 saturated carbocycles. The Kier molecular flexibility index (Phi) is 6.80. The zero-order chi connectivity index (χ0) is 20.8. The van der Waals surface area contributed by atoms with Gasteiger partial charge in [0.25, 0.3) is 0 Å². The van der Waals surface area contributed by atoms with E-state index in [1.165, 1.54) is 21.3 Å². The average Bonchev–Trinajstić information content (AvgIpc) is 2.89. The summed E-state index contributed by atoms with van der Waals surface area (Å²) < 4.78 is 15.7. The Morgan fingerprint density at radius 2 is 1.50 bits per heavy atom. The second-order valence-corrected chi connectivity index (χ2v) is 5.93. The average molecular weight is 393 g/mol. The second-order valence-electron chi connectivity index (χ2n) is 5.93. The highest BCUT2D eigenvalue weighted by atomic mass is 16.5. The zero-order valence-electron chi connectivity index (χ0n) is 16.2. The molecule has 1 saturated heterocycles. The molecule has 0 bridgehead atoms. The molecule has 5 amide bonds. The quantitative estimate of drug-likeness (QED) is 0.481. The van der Waals surface area contributed by atoms with Crippen molar-refractivity contribution in [2.24, 2.45) is 0 Å². The molecule has 10 heteroatoms. The summed E-state index contributed by atoms with van der Waals surface area (Å²) in [5.74, 6) is -1.12. The Bertz CT molecular complexity index is 794. The molecule has 2 rings (SSSR count). The van der Waals surface area contributed by atoms with Crippen LogP contribution in [0.25, 0.3) is 0 Å².